The topological polar surface area (TPSA) is 59.6 Å². The predicted octanol–water partition coefficient (Wildman–Crippen LogP) is 1.08. The van der Waals surface area contributed by atoms with Crippen LogP contribution >= 0.6 is 0 Å². The Labute approximate surface area is 116 Å². The van der Waals surface area contributed by atoms with E-state index in [9.17, 15) is 4.79 Å². The number of amides is 1. The second-order valence-corrected chi connectivity index (χ2v) is 5.11. The molecule has 1 aliphatic rings. The summed E-state index contributed by atoms with van der Waals surface area (Å²) in [6.07, 6.45) is 4.93. The second kappa shape index (κ2) is 10.2. The molecule has 1 saturated heterocycles. The summed E-state index contributed by atoms with van der Waals surface area (Å²) in [5, 5.41) is 6.22. The lowest BCUT2D eigenvalue weighted by Gasteiger charge is -2.22. The maximum absolute atomic E-state index is 11.5. The molecule has 0 bridgehead atoms. The third-order valence-electron chi connectivity index (χ3n) is 3.46. The zero-order valence-electron chi connectivity index (χ0n) is 12.2. The van der Waals surface area contributed by atoms with Gasteiger partial charge in [-0.15, -0.1) is 0 Å². The molecule has 1 amide bonds. The van der Waals surface area contributed by atoms with E-state index in [2.05, 4.69) is 10.6 Å². The third-order valence-corrected chi connectivity index (χ3v) is 3.46. The van der Waals surface area contributed by atoms with Crippen LogP contribution in [-0.2, 0) is 14.3 Å². The van der Waals surface area contributed by atoms with Crippen LogP contribution in [0, 0.1) is 0 Å². The van der Waals surface area contributed by atoms with Gasteiger partial charge in [-0.2, -0.15) is 0 Å². The molecule has 0 spiro atoms. The zero-order chi connectivity index (χ0) is 13.9. The van der Waals surface area contributed by atoms with Gasteiger partial charge in [0.15, 0.2) is 0 Å². The van der Waals surface area contributed by atoms with Gasteiger partial charge in [0.25, 0.3) is 0 Å². The number of nitrogens with one attached hydrogen (secondary N) is 2. The number of piperidine rings is 1. The van der Waals surface area contributed by atoms with Crippen LogP contribution in [-0.4, -0.2) is 51.5 Å². The number of methoxy groups -OCH3 is 1. The number of hydrogen-bond donors (Lipinski definition) is 2. The SMILES string of the molecule is COC(C)CCC(=O)NCCCOC1CCNCC1. The zero-order valence-corrected chi connectivity index (χ0v) is 12.2. The van der Waals surface area contributed by atoms with Crippen molar-refractivity contribution in [2.45, 2.75) is 51.2 Å². The van der Waals surface area contributed by atoms with Gasteiger partial charge in [0.2, 0.25) is 5.91 Å². The molecule has 1 aliphatic heterocycles. The van der Waals surface area contributed by atoms with Crippen LogP contribution in [0.5, 0.6) is 0 Å². The number of carbonyl (C=O) groups excluding carboxylic acids is 1. The monoisotopic (exact) mass is 272 g/mol. The summed E-state index contributed by atoms with van der Waals surface area (Å²) >= 11 is 0. The number of rotatable bonds is 9. The van der Waals surface area contributed by atoms with Gasteiger partial charge >= 0.3 is 0 Å². The molecule has 5 heteroatoms. The van der Waals surface area contributed by atoms with Gasteiger partial charge in [0, 0.05) is 26.7 Å². The molecule has 0 radical (unpaired) electrons. The molecule has 2 N–H and O–H groups in total. The van der Waals surface area contributed by atoms with Gasteiger partial charge in [-0.1, -0.05) is 0 Å². The van der Waals surface area contributed by atoms with Gasteiger partial charge in [-0.25, -0.2) is 0 Å². The van der Waals surface area contributed by atoms with Crippen molar-refractivity contribution in [2.75, 3.05) is 33.4 Å². The van der Waals surface area contributed by atoms with Crippen LogP contribution in [0.2, 0.25) is 0 Å². The molecule has 0 aromatic carbocycles. The Balaban J connectivity index is 1.90. The molecular formula is C14H28N2O3. The number of hydrogen-bond acceptors (Lipinski definition) is 4. The lowest BCUT2D eigenvalue weighted by molar-refractivity contribution is -0.121. The van der Waals surface area contributed by atoms with Gasteiger partial charge < -0.3 is 20.1 Å². The largest absolute Gasteiger partial charge is 0.382 e. The van der Waals surface area contributed by atoms with E-state index in [4.69, 9.17) is 9.47 Å². The Morgan fingerprint density at radius 2 is 2.16 bits per heavy atom. The molecule has 1 atom stereocenters. The third kappa shape index (κ3) is 8.18. The molecule has 0 aromatic heterocycles. The van der Waals surface area contributed by atoms with Crippen LogP contribution in [0.4, 0.5) is 0 Å². The van der Waals surface area contributed by atoms with Crippen LogP contribution < -0.4 is 10.6 Å². The Hall–Kier alpha value is -0.650. The molecule has 112 valence electrons. The highest BCUT2D eigenvalue weighted by atomic mass is 16.5. The Kier molecular flexibility index (Phi) is 8.79. The highest BCUT2D eigenvalue weighted by molar-refractivity contribution is 5.75. The normalized spacial score (nSPS) is 18.2. The lowest BCUT2D eigenvalue weighted by atomic mass is 10.1. The first-order chi connectivity index (χ1) is 9.22. The van der Waals surface area contributed by atoms with Gasteiger partial charge in [0.05, 0.1) is 12.2 Å². The minimum Gasteiger partial charge on any atom is -0.382 e. The second-order valence-electron chi connectivity index (χ2n) is 5.11. The molecule has 1 unspecified atom stereocenters. The molecule has 1 fully saturated rings. The van der Waals surface area contributed by atoms with E-state index >= 15 is 0 Å². The molecule has 5 nitrogen and oxygen atoms in total. The van der Waals surface area contributed by atoms with E-state index in [1.165, 1.54) is 0 Å². The number of ether oxygens (including phenoxy) is 2. The maximum atomic E-state index is 11.5. The van der Waals surface area contributed by atoms with Crippen LogP contribution in [0.25, 0.3) is 0 Å². The fraction of sp³-hybridized carbons (Fsp3) is 0.929. The van der Waals surface area contributed by atoms with Crippen LogP contribution in [0.15, 0.2) is 0 Å². The van der Waals surface area contributed by atoms with Crippen molar-refractivity contribution in [1.29, 1.82) is 0 Å². The number of carbonyl (C=O) groups is 1. The van der Waals surface area contributed by atoms with Crippen molar-refractivity contribution in [3.63, 3.8) is 0 Å². The standard InChI is InChI=1S/C14H28N2O3/c1-12(18-2)4-5-14(17)16-8-3-11-19-13-6-9-15-10-7-13/h12-13,15H,3-11H2,1-2H3,(H,16,17). The van der Waals surface area contributed by atoms with E-state index in [0.29, 0.717) is 19.1 Å². The minimum absolute atomic E-state index is 0.103. The van der Waals surface area contributed by atoms with E-state index < -0.39 is 0 Å². The molecule has 0 aliphatic carbocycles. The van der Waals surface area contributed by atoms with Gasteiger partial charge in [-0.05, 0) is 45.7 Å². The van der Waals surface area contributed by atoms with Crippen molar-refractivity contribution in [2.24, 2.45) is 0 Å². The molecule has 1 rings (SSSR count). The first-order valence-electron chi connectivity index (χ1n) is 7.34. The summed E-state index contributed by atoms with van der Waals surface area (Å²) in [5.74, 6) is 0.103. The molecule has 0 aromatic rings. The highest BCUT2D eigenvalue weighted by Gasteiger charge is 2.12. The van der Waals surface area contributed by atoms with E-state index in [0.717, 1.165) is 45.4 Å². The molecule has 19 heavy (non-hydrogen) atoms. The van der Waals surface area contributed by atoms with E-state index in [1.54, 1.807) is 7.11 Å². The highest BCUT2D eigenvalue weighted by Crippen LogP contribution is 2.07. The maximum Gasteiger partial charge on any atom is 0.220 e. The average molecular weight is 272 g/mol. The summed E-state index contributed by atoms with van der Waals surface area (Å²) in [5.41, 5.74) is 0. The van der Waals surface area contributed by atoms with Crippen molar-refractivity contribution in [3.05, 3.63) is 0 Å². The summed E-state index contributed by atoms with van der Waals surface area (Å²) in [7, 11) is 1.67. The summed E-state index contributed by atoms with van der Waals surface area (Å²) in [6.45, 7) is 5.52. The first kappa shape index (κ1) is 16.4. The summed E-state index contributed by atoms with van der Waals surface area (Å²) in [4.78, 5) is 11.5. The summed E-state index contributed by atoms with van der Waals surface area (Å²) < 4.78 is 10.9. The van der Waals surface area contributed by atoms with Crippen LogP contribution in [0.3, 0.4) is 0 Å². The van der Waals surface area contributed by atoms with E-state index in [1.807, 2.05) is 6.92 Å². The average Bonchev–Trinajstić information content (AvgIpc) is 2.45. The van der Waals surface area contributed by atoms with Crippen molar-refractivity contribution in [3.8, 4) is 0 Å². The van der Waals surface area contributed by atoms with Crippen molar-refractivity contribution < 1.29 is 14.3 Å². The van der Waals surface area contributed by atoms with Crippen molar-refractivity contribution >= 4 is 5.91 Å². The Morgan fingerprint density at radius 1 is 1.42 bits per heavy atom. The predicted molar refractivity (Wildman–Crippen MR) is 75.2 cm³/mol. The Morgan fingerprint density at radius 3 is 2.84 bits per heavy atom. The van der Waals surface area contributed by atoms with Gasteiger partial charge in [-0.3, -0.25) is 4.79 Å². The van der Waals surface area contributed by atoms with Crippen LogP contribution in [0.1, 0.15) is 39.0 Å². The van der Waals surface area contributed by atoms with E-state index in [-0.39, 0.29) is 12.0 Å². The molecule has 0 saturated carbocycles. The van der Waals surface area contributed by atoms with Gasteiger partial charge in [0.1, 0.15) is 0 Å². The first-order valence-corrected chi connectivity index (χ1v) is 7.34. The summed E-state index contributed by atoms with van der Waals surface area (Å²) in [6, 6.07) is 0. The molecule has 1 heterocycles. The fourth-order valence-electron chi connectivity index (χ4n) is 2.05. The lowest BCUT2D eigenvalue weighted by Crippen LogP contribution is -2.33. The Bertz CT molecular complexity index is 243. The molecular weight excluding hydrogens is 244 g/mol. The quantitative estimate of drug-likeness (QED) is 0.617. The fourth-order valence-corrected chi connectivity index (χ4v) is 2.05. The smallest absolute Gasteiger partial charge is 0.220 e. The van der Waals surface area contributed by atoms with Crippen molar-refractivity contribution in [1.82, 2.24) is 10.6 Å². The minimum atomic E-state index is 0.103.